The van der Waals surface area contributed by atoms with Crippen molar-refractivity contribution >= 4 is 29.3 Å². The van der Waals surface area contributed by atoms with Crippen LogP contribution in [0.1, 0.15) is 11.3 Å². The molecule has 1 aliphatic heterocycles. The third-order valence-electron chi connectivity index (χ3n) is 3.86. The van der Waals surface area contributed by atoms with E-state index in [1.165, 1.54) is 0 Å². The van der Waals surface area contributed by atoms with Crippen molar-refractivity contribution in [1.82, 2.24) is 5.43 Å². The van der Waals surface area contributed by atoms with Crippen LogP contribution >= 0.6 is 11.6 Å². The number of benzene rings is 2. The third kappa shape index (κ3) is 3.12. The first-order valence-electron chi connectivity index (χ1n) is 7.72. The number of nitrogens with zero attached hydrogens (tertiary/aromatic N) is 1. The highest BCUT2D eigenvalue weighted by Gasteiger charge is 2.24. The van der Waals surface area contributed by atoms with E-state index in [2.05, 4.69) is 10.5 Å². The highest BCUT2D eigenvalue weighted by molar-refractivity contribution is 6.33. The maximum absolute atomic E-state index is 12.1. The third-order valence-corrected chi connectivity index (χ3v) is 4.11. The fourth-order valence-electron chi connectivity index (χ4n) is 2.63. The van der Waals surface area contributed by atoms with Crippen LogP contribution in [0.4, 0.5) is 0 Å². The lowest BCUT2D eigenvalue weighted by Crippen LogP contribution is -2.13. The fraction of sp³-hybridized carbons (Fsp3) is 0. The Bertz CT molecular complexity index is 986. The number of amides is 1. The molecular weight excluding hydrogens is 336 g/mol. The number of carbonyl (C=O) groups excluding carboxylic acids is 1. The summed E-state index contributed by atoms with van der Waals surface area (Å²) in [4.78, 5) is 12.1. The number of rotatable bonds is 3. The van der Waals surface area contributed by atoms with E-state index in [1.807, 2.05) is 66.7 Å². The predicted molar refractivity (Wildman–Crippen MR) is 98.3 cm³/mol. The van der Waals surface area contributed by atoms with Gasteiger partial charge in [-0.1, -0.05) is 41.9 Å². The molecule has 25 heavy (non-hydrogen) atoms. The van der Waals surface area contributed by atoms with Crippen LogP contribution in [0, 0.1) is 0 Å². The molecule has 2 heterocycles. The molecule has 0 saturated carbocycles. The Hall–Kier alpha value is -3.11. The second-order valence-electron chi connectivity index (χ2n) is 5.53. The molecule has 4 rings (SSSR count). The minimum absolute atomic E-state index is 0.247. The molecule has 1 aromatic heterocycles. The van der Waals surface area contributed by atoms with Crippen molar-refractivity contribution in [2.45, 2.75) is 0 Å². The number of carbonyl (C=O) groups is 1. The number of nitrogens with one attached hydrogen (secondary N) is 1. The van der Waals surface area contributed by atoms with E-state index in [0.29, 0.717) is 27.8 Å². The molecule has 0 radical (unpaired) electrons. The van der Waals surface area contributed by atoms with Crippen LogP contribution < -0.4 is 5.43 Å². The summed E-state index contributed by atoms with van der Waals surface area (Å²) >= 11 is 5.91. The van der Waals surface area contributed by atoms with E-state index in [9.17, 15) is 4.79 Å². The van der Waals surface area contributed by atoms with Crippen LogP contribution in [0.25, 0.3) is 17.4 Å². The monoisotopic (exact) mass is 348 g/mol. The molecule has 5 heteroatoms. The molecule has 1 amide bonds. The van der Waals surface area contributed by atoms with Crippen LogP contribution in [0.3, 0.4) is 0 Å². The Balaban J connectivity index is 1.67. The molecule has 0 unspecified atom stereocenters. The zero-order valence-corrected chi connectivity index (χ0v) is 13.8. The van der Waals surface area contributed by atoms with Crippen molar-refractivity contribution in [1.29, 1.82) is 0 Å². The van der Waals surface area contributed by atoms with Crippen LogP contribution in [-0.2, 0) is 4.79 Å². The second-order valence-corrected chi connectivity index (χ2v) is 5.97. The molecule has 0 atom stereocenters. The van der Waals surface area contributed by atoms with Crippen molar-refractivity contribution in [3.05, 3.63) is 88.6 Å². The highest BCUT2D eigenvalue weighted by atomic mass is 35.5. The summed E-state index contributed by atoms with van der Waals surface area (Å²) in [7, 11) is 0. The molecule has 2 aromatic carbocycles. The molecule has 3 aromatic rings. The minimum atomic E-state index is -0.247. The first-order chi connectivity index (χ1) is 12.2. The lowest BCUT2D eigenvalue weighted by Gasteiger charge is -2.00. The van der Waals surface area contributed by atoms with Crippen molar-refractivity contribution in [2.24, 2.45) is 5.10 Å². The highest BCUT2D eigenvalue weighted by Crippen LogP contribution is 2.26. The average molecular weight is 349 g/mol. The van der Waals surface area contributed by atoms with E-state index in [0.717, 1.165) is 11.1 Å². The molecule has 1 N–H and O–H groups in total. The Morgan fingerprint density at radius 3 is 2.44 bits per heavy atom. The summed E-state index contributed by atoms with van der Waals surface area (Å²) in [6.07, 6.45) is 1.70. The standard InChI is InChI=1S/C20H13ClN2O2/c21-15-8-6-13(7-9-15)18-11-10-16(25-18)12-17-19(22-23-20(17)24)14-4-2-1-3-5-14/h1-12H,(H,23,24)/b17-12-. The van der Waals surface area contributed by atoms with Gasteiger partial charge in [-0.05, 0) is 42.5 Å². The number of hydrogen-bond acceptors (Lipinski definition) is 3. The zero-order chi connectivity index (χ0) is 17.2. The number of hydrogen-bond donors (Lipinski definition) is 1. The summed E-state index contributed by atoms with van der Waals surface area (Å²) in [6, 6.07) is 20.6. The minimum Gasteiger partial charge on any atom is -0.457 e. The van der Waals surface area contributed by atoms with Gasteiger partial charge in [0.2, 0.25) is 0 Å². The van der Waals surface area contributed by atoms with Gasteiger partial charge < -0.3 is 4.42 Å². The van der Waals surface area contributed by atoms with Gasteiger partial charge in [0, 0.05) is 16.1 Å². The SMILES string of the molecule is O=C1NN=C(c2ccccc2)/C1=C/c1ccc(-c2ccc(Cl)cc2)o1. The van der Waals surface area contributed by atoms with Gasteiger partial charge in [0.1, 0.15) is 17.2 Å². The molecule has 4 nitrogen and oxygen atoms in total. The first-order valence-corrected chi connectivity index (χ1v) is 8.10. The van der Waals surface area contributed by atoms with Gasteiger partial charge in [0.05, 0.1) is 5.57 Å². The maximum Gasteiger partial charge on any atom is 0.273 e. The molecule has 0 fully saturated rings. The van der Waals surface area contributed by atoms with Crippen LogP contribution in [0.5, 0.6) is 0 Å². The quantitative estimate of drug-likeness (QED) is 0.707. The van der Waals surface area contributed by atoms with Gasteiger partial charge in [0.15, 0.2) is 0 Å². The topological polar surface area (TPSA) is 54.6 Å². The van der Waals surface area contributed by atoms with Gasteiger partial charge in [-0.2, -0.15) is 5.10 Å². The number of furan rings is 1. The van der Waals surface area contributed by atoms with Gasteiger partial charge in [-0.15, -0.1) is 0 Å². The van der Waals surface area contributed by atoms with Crippen molar-refractivity contribution in [2.75, 3.05) is 0 Å². The lowest BCUT2D eigenvalue weighted by atomic mass is 10.0. The van der Waals surface area contributed by atoms with Crippen molar-refractivity contribution in [3.63, 3.8) is 0 Å². The van der Waals surface area contributed by atoms with E-state index in [4.69, 9.17) is 16.0 Å². The van der Waals surface area contributed by atoms with Crippen LogP contribution in [-0.4, -0.2) is 11.6 Å². The van der Waals surface area contributed by atoms with Crippen molar-refractivity contribution in [3.8, 4) is 11.3 Å². The molecule has 122 valence electrons. The molecule has 1 aliphatic rings. The van der Waals surface area contributed by atoms with E-state index >= 15 is 0 Å². The molecule has 0 saturated heterocycles. The second kappa shape index (κ2) is 6.42. The van der Waals surface area contributed by atoms with Gasteiger partial charge in [0.25, 0.3) is 5.91 Å². The van der Waals surface area contributed by atoms with Crippen molar-refractivity contribution < 1.29 is 9.21 Å². The van der Waals surface area contributed by atoms with E-state index < -0.39 is 0 Å². The smallest absolute Gasteiger partial charge is 0.273 e. The lowest BCUT2D eigenvalue weighted by molar-refractivity contribution is -0.116. The summed E-state index contributed by atoms with van der Waals surface area (Å²) in [5.41, 5.74) is 5.38. The van der Waals surface area contributed by atoms with Gasteiger partial charge in [-0.25, -0.2) is 5.43 Å². The number of halogens is 1. The number of hydrazone groups is 1. The summed E-state index contributed by atoms with van der Waals surface area (Å²) < 4.78 is 5.85. The van der Waals surface area contributed by atoms with Gasteiger partial charge >= 0.3 is 0 Å². The maximum atomic E-state index is 12.1. The fourth-order valence-corrected chi connectivity index (χ4v) is 2.75. The normalized spacial score (nSPS) is 15.3. The summed E-state index contributed by atoms with van der Waals surface area (Å²) in [5, 5.41) is 4.80. The van der Waals surface area contributed by atoms with Crippen LogP contribution in [0.15, 0.2) is 81.8 Å². The average Bonchev–Trinajstić information content (AvgIpc) is 3.24. The Kier molecular flexibility index (Phi) is 3.96. The van der Waals surface area contributed by atoms with Gasteiger partial charge in [-0.3, -0.25) is 4.79 Å². The van der Waals surface area contributed by atoms with Crippen LogP contribution in [0.2, 0.25) is 5.02 Å². The first kappa shape index (κ1) is 15.4. The predicted octanol–water partition coefficient (Wildman–Crippen LogP) is 4.52. The largest absolute Gasteiger partial charge is 0.457 e. The van der Waals surface area contributed by atoms with E-state index in [-0.39, 0.29) is 5.91 Å². The Morgan fingerprint density at radius 2 is 1.68 bits per heavy atom. The Labute approximate surface area is 149 Å². The molecular formula is C20H13ClN2O2. The molecule has 0 aliphatic carbocycles. The molecule has 0 bridgehead atoms. The summed E-state index contributed by atoms with van der Waals surface area (Å²) in [5.74, 6) is 1.05. The zero-order valence-electron chi connectivity index (χ0n) is 13.1. The van der Waals surface area contributed by atoms with E-state index in [1.54, 1.807) is 6.08 Å². The molecule has 0 spiro atoms. The summed E-state index contributed by atoms with van der Waals surface area (Å²) in [6.45, 7) is 0. The Morgan fingerprint density at radius 1 is 0.920 bits per heavy atom.